The Labute approximate surface area is 156 Å². The van der Waals surface area contributed by atoms with Crippen LogP contribution < -0.4 is 5.32 Å². The van der Waals surface area contributed by atoms with Crippen LogP contribution in [-0.2, 0) is 12.8 Å². The van der Waals surface area contributed by atoms with Crippen molar-refractivity contribution in [3.63, 3.8) is 0 Å². The number of amides is 1. The van der Waals surface area contributed by atoms with E-state index in [9.17, 15) is 4.79 Å². The van der Waals surface area contributed by atoms with Gasteiger partial charge in [-0.15, -0.1) is 11.3 Å². The lowest BCUT2D eigenvalue weighted by Crippen LogP contribution is -2.40. The monoisotopic (exact) mass is 359 g/mol. The van der Waals surface area contributed by atoms with Gasteiger partial charge in [-0.25, -0.2) is 0 Å². The Kier molecular flexibility index (Phi) is 4.50. The highest BCUT2D eigenvalue weighted by molar-refractivity contribution is 7.10. The third-order valence-electron chi connectivity index (χ3n) is 7.42. The van der Waals surface area contributed by atoms with E-state index in [4.69, 9.17) is 0 Å². The Morgan fingerprint density at radius 3 is 2.68 bits per heavy atom. The van der Waals surface area contributed by atoms with E-state index in [0.29, 0.717) is 17.4 Å². The highest BCUT2D eigenvalue weighted by atomic mass is 32.1. The molecule has 3 aliphatic rings. The number of fused-ring (bicyclic) bond motifs is 3. The van der Waals surface area contributed by atoms with Gasteiger partial charge in [0.15, 0.2) is 0 Å². The van der Waals surface area contributed by atoms with Gasteiger partial charge in [0.2, 0.25) is 0 Å². The van der Waals surface area contributed by atoms with Gasteiger partial charge in [-0.2, -0.15) is 0 Å². The molecule has 25 heavy (non-hydrogen) atoms. The first-order chi connectivity index (χ1) is 11.8. The van der Waals surface area contributed by atoms with Gasteiger partial charge < -0.3 is 5.32 Å². The van der Waals surface area contributed by atoms with E-state index in [1.54, 1.807) is 0 Å². The molecule has 1 N–H and O–H groups in total. The molecule has 0 spiro atoms. The van der Waals surface area contributed by atoms with Crippen LogP contribution in [0, 0.1) is 29.1 Å². The molecule has 2 bridgehead atoms. The van der Waals surface area contributed by atoms with E-state index in [2.05, 4.69) is 38.4 Å². The van der Waals surface area contributed by atoms with Crippen molar-refractivity contribution in [2.45, 2.75) is 78.7 Å². The maximum absolute atomic E-state index is 12.9. The van der Waals surface area contributed by atoms with Gasteiger partial charge >= 0.3 is 0 Å². The summed E-state index contributed by atoms with van der Waals surface area (Å²) < 4.78 is 0. The zero-order valence-corrected chi connectivity index (χ0v) is 17.0. The van der Waals surface area contributed by atoms with Crippen molar-refractivity contribution in [1.82, 2.24) is 5.32 Å². The number of thiophene rings is 1. The minimum Gasteiger partial charge on any atom is -0.349 e. The summed E-state index contributed by atoms with van der Waals surface area (Å²) in [6.45, 7) is 9.28. The lowest BCUT2D eigenvalue weighted by Gasteiger charge is -2.34. The number of rotatable bonds is 3. The molecule has 1 heterocycles. The Hall–Kier alpha value is -0.830. The fourth-order valence-electron chi connectivity index (χ4n) is 5.74. The largest absolute Gasteiger partial charge is 0.349 e. The molecule has 5 unspecified atom stereocenters. The first-order valence-corrected chi connectivity index (χ1v) is 11.1. The molecule has 2 saturated carbocycles. The third kappa shape index (κ3) is 3.29. The standard InChI is InChI=1S/C22H33NOS/c1-13(18-10-14-5-6-15(18)9-14)23-21(24)19-12-25-20-11-16(22(2,3)4)7-8-17(19)20/h12-16,18H,5-11H2,1-4H3,(H,23,24). The molecule has 2 fully saturated rings. The van der Waals surface area contributed by atoms with Crippen LogP contribution in [0.5, 0.6) is 0 Å². The maximum atomic E-state index is 12.9. The van der Waals surface area contributed by atoms with E-state index >= 15 is 0 Å². The Bertz CT molecular complexity index is 655. The molecular weight excluding hydrogens is 326 g/mol. The van der Waals surface area contributed by atoms with E-state index < -0.39 is 0 Å². The predicted octanol–water partition coefficient (Wildman–Crippen LogP) is 5.45. The Morgan fingerprint density at radius 1 is 1.24 bits per heavy atom. The summed E-state index contributed by atoms with van der Waals surface area (Å²) >= 11 is 1.81. The van der Waals surface area contributed by atoms with E-state index in [1.807, 2.05) is 11.3 Å². The molecule has 5 atom stereocenters. The Morgan fingerprint density at radius 2 is 2.04 bits per heavy atom. The van der Waals surface area contributed by atoms with Gasteiger partial charge in [-0.1, -0.05) is 27.2 Å². The average Bonchev–Trinajstić information content (AvgIpc) is 3.27. The highest BCUT2D eigenvalue weighted by Gasteiger charge is 2.42. The van der Waals surface area contributed by atoms with Gasteiger partial charge in [0.05, 0.1) is 5.56 Å². The van der Waals surface area contributed by atoms with Crippen LogP contribution in [0.4, 0.5) is 0 Å². The molecule has 0 saturated heterocycles. The normalized spacial score (nSPS) is 32.5. The second kappa shape index (κ2) is 6.40. The fraction of sp³-hybridized carbons (Fsp3) is 0.773. The smallest absolute Gasteiger partial charge is 0.252 e. The van der Waals surface area contributed by atoms with E-state index in [0.717, 1.165) is 36.2 Å². The maximum Gasteiger partial charge on any atom is 0.252 e. The number of carbonyl (C=O) groups is 1. The second-order valence-electron chi connectivity index (χ2n) is 9.96. The molecule has 1 aromatic rings. The van der Waals surface area contributed by atoms with Crippen molar-refractivity contribution in [2.75, 3.05) is 0 Å². The lowest BCUT2D eigenvalue weighted by atomic mass is 9.72. The van der Waals surface area contributed by atoms with Crippen molar-refractivity contribution < 1.29 is 4.79 Å². The molecule has 3 aliphatic carbocycles. The van der Waals surface area contributed by atoms with Crippen LogP contribution in [0.3, 0.4) is 0 Å². The summed E-state index contributed by atoms with van der Waals surface area (Å²) in [4.78, 5) is 14.4. The number of hydrogen-bond donors (Lipinski definition) is 1. The summed E-state index contributed by atoms with van der Waals surface area (Å²) in [5, 5.41) is 5.49. The third-order valence-corrected chi connectivity index (χ3v) is 8.47. The first kappa shape index (κ1) is 17.6. The molecular formula is C22H33NOS. The molecule has 1 aromatic heterocycles. The van der Waals surface area contributed by atoms with Gasteiger partial charge in [-0.05, 0) is 80.1 Å². The van der Waals surface area contributed by atoms with Crippen LogP contribution in [0.2, 0.25) is 0 Å². The highest BCUT2D eigenvalue weighted by Crippen LogP contribution is 2.49. The number of nitrogens with one attached hydrogen (secondary N) is 1. The topological polar surface area (TPSA) is 29.1 Å². The zero-order chi connectivity index (χ0) is 17.8. The van der Waals surface area contributed by atoms with Crippen LogP contribution in [0.15, 0.2) is 5.38 Å². The first-order valence-electron chi connectivity index (χ1n) is 10.2. The number of hydrogen-bond acceptors (Lipinski definition) is 2. The van der Waals surface area contributed by atoms with Crippen molar-refractivity contribution in [3.8, 4) is 0 Å². The summed E-state index contributed by atoms with van der Waals surface area (Å²) in [5.74, 6) is 3.44. The summed E-state index contributed by atoms with van der Waals surface area (Å²) in [5.41, 5.74) is 2.69. The van der Waals surface area contributed by atoms with Crippen molar-refractivity contribution in [2.24, 2.45) is 29.1 Å². The quantitative estimate of drug-likeness (QED) is 0.763. The fourth-order valence-corrected chi connectivity index (χ4v) is 6.90. The van der Waals surface area contributed by atoms with Gasteiger partial charge in [0.1, 0.15) is 0 Å². The van der Waals surface area contributed by atoms with Crippen molar-refractivity contribution >= 4 is 17.2 Å². The molecule has 3 heteroatoms. The zero-order valence-electron chi connectivity index (χ0n) is 16.2. The van der Waals surface area contributed by atoms with Crippen molar-refractivity contribution in [1.29, 1.82) is 0 Å². The van der Waals surface area contributed by atoms with Crippen molar-refractivity contribution in [3.05, 3.63) is 21.4 Å². The lowest BCUT2D eigenvalue weighted by molar-refractivity contribution is 0.0914. The summed E-state index contributed by atoms with van der Waals surface area (Å²) in [6.07, 6.45) is 9.00. The summed E-state index contributed by atoms with van der Waals surface area (Å²) in [7, 11) is 0. The van der Waals surface area contributed by atoms with Crippen LogP contribution >= 0.6 is 11.3 Å². The van der Waals surface area contributed by atoms with Gasteiger partial charge in [0.25, 0.3) is 5.91 Å². The van der Waals surface area contributed by atoms with Gasteiger partial charge in [-0.3, -0.25) is 4.79 Å². The van der Waals surface area contributed by atoms with Gasteiger partial charge in [0, 0.05) is 16.3 Å². The SMILES string of the molecule is CC(NC(=O)c1csc2c1CCC(C(C)(C)C)C2)C1CC2CCC1C2. The molecule has 1 amide bonds. The molecule has 0 aromatic carbocycles. The second-order valence-corrected chi connectivity index (χ2v) is 10.9. The minimum atomic E-state index is 0.182. The van der Waals surface area contributed by atoms with E-state index in [-0.39, 0.29) is 5.91 Å². The minimum absolute atomic E-state index is 0.182. The molecule has 0 aliphatic heterocycles. The number of carbonyl (C=O) groups excluding carboxylic acids is 1. The molecule has 138 valence electrons. The summed E-state index contributed by atoms with van der Waals surface area (Å²) in [6, 6.07) is 0.323. The van der Waals surface area contributed by atoms with Crippen LogP contribution in [0.25, 0.3) is 0 Å². The van der Waals surface area contributed by atoms with E-state index in [1.165, 1.54) is 42.5 Å². The van der Waals surface area contributed by atoms with Crippen LogP contribution in [0.1, 0.15) is 80.6 Å². The molecule has 2 nitrogen and oxygen atoms in total. The molecule has 4 rings (SSSR count). The molecule has 0 radical (unpaired) electrons. The Balaban J connectivity index is 1.43. The van der Waals surface area contributed by atoms with Crippen LogP contribution in [-0.4, -0.2) is 11.9 Å². The predicted molar refractivity (Wildman–Crippen MR) is 105 cm³/mol. The average molecular weight is 360 g/mol.